The summed E-state index contributed by atoms with van der Waals surface area (Å²) in [5.74, 6) is -0.404. The van der Waals surface area contributed by atoms with Gasteiger partial charge < -0.3 is 0 Å². The van der Waals surface area contributed by atoms with Crippen molar-refractivity contribution >= 4 is 23.3 Å². The molecule has 5 heteroatoms. The monoisotopic (exact) mass is 271 g/mol. The maximum absolute atomic E-state index is 12.1. The minimum atomic E-state index is -0.404. The second-order valence-electron chi connectivity index (χ2n) is 4.08. The van der Waals surface area contributed by atoms with Crippen LogP contribution >= 0.6 is 11.3 Å². The molecule has 2 aromatic rings. The third-order valence-corrected chi connectivity index (χ3v) is 3.50. The average molecular weight is 271 g/mol. The van der Waals surface area contributed by atoms with Crippen LogP contribution in [-0.4, -0.2) is 10.6 Å². The number of aromatic nitrogens is 1. The second-order valence-corrected chi connectivity index (χ2v) is 5.06. The molecule has 96 valence electrons. The maximum Gasteiger partial charge on any atom is 0.280 e. The molecule has 0 bridgehead atoms. The lowest BCUT2D eigenvalue weighted by atomic mass is 10.2. The predicted octanol–water partition coefficient (Wildman–Crippen LogP) is 2.84. The van der Waals surface area contributed by atoms with E-state index in [1.54, 1.807) is 10.8 Å². The molecule has 1 N–H and O–H groups in total. The number of nitrogens with one attached hydrogen (secondary N) is 1. The van der Waals surface area contributed by atoms with E-state index in [1.807, 2.05) is 49.6 Å². The number of amides is 1. The van der Waals surface area contributed by atoms with Crippen LogP contribution in [0.15, 0.2) is 35.2 Å². The van der Waals surface area contributed by atoms with Gasteiger partial charge in [0.05, 0.1) is 0 Å². The third-order valence-electron chi connectivity index (χ3n) is 2.68. The Morgan fingerprint density at radius 2 is 2.05 bits per heavy atom. The first-order valence-electron chi connectivity index (χ1n) is 5.73. The van der Waals surface area contributed by atoms with E-state index in [2.05, 4.69) is 5.43 Å². The van der Waals surface area contributed by atoms with Gasteiger partial charge in [0, 0.05) is 16.3 Å². The molecule has 4 nitrogen and oxygen atoms in total. The summed E-state index contributed by atoms with van der Waals surface area (Å²) in [6.45, 7) is 3.78. The molecule has 2 aromatic heterocycles. The fraction of sp³-hybridized carbons (Fsp3) is 0.143. The van der Waals surface area contributed by atoms with Crippen molar-refractivity contribution in [2.24, 2.45) is 0 Å². The van der Waals surface area contributed by atoms with Gasteiger partial charge in [-0.1, -0.05) is 6.07 Å². The Labute approximate surface area is 115 Å². The molecule has 1 amide bonds. The van der Waals surface area contributed by atoms with Gasteiger partial charge in [-0.2, -0.15) is 5.26 Å². The van der Waals surface area contributed by atoms with Gasteiger partial charge in [0.1, 0.15) is 11.6 Å². The first-order chi connectivity index (χ1) is 9.11. The zero-order valence-corrected chi connectivity index (χ0v) is 11.5. The summed E-state index contributed by atoms with van der Waals surface area (Å²) in [7, 11) is 0. The van der Waals surface area contributed by atoms with E-state index in [-0.39, 0.29) is 5.57 Å². The van der Waals surface area contributed by atoms with Crippen molar-refractivity contribution in [1.29, 1.82) is 5.26 Å². The summed E-state index contributed by atoms with van der Waals surface area (Å²) in [4.78, 5) is 12.9. The lowest BCUT2D eigenvalue weighted by Gasteiger charge is -2.10. The smallest absolute Gasteiger partial charge is 0.267 e. The van der Waals surface area contributed by atoms with Gasteiger partial charge >= 0.3 is 0 Å². The van der Waals surface area contributed by atoms with Gasteiger partial charge in [0.15, 0.2) is 0 Å². The van der Waals surface area contributed by atoms with Crippen LogP contribution in [0, 0.1) is 25.2 Å². The number of nitriles is 1. The molecule has 0 unspecified atom stereocenters. The molecule has 19 heavy (non-hydrogen) atoms. The van der Waals surface area contributed by atoms with Crippen LogP contribution in [0.5, 0.6) is 0 Å². The molecule has 0 spiro atoms. The van der Waals surface area contributed by atoms with Crippen molar-refractivity contribution in [1.82, 2.24) is 4.68 Å². The molecule has 0 aliphatic carbocycles. The Morgan fingerprint density at radius 3 is 2.58 bits per heavy atom. The molecule has 0 saturated heterocycles. The van der Waals surface area contributed by atoms with Gasteiger partial charge in [-0.3, -0.25) is 14.9 Å². The number of aryl methyl sites for hydroxylation is 2. The fourth-order valence-electron chi connectivity index (χ4n) is 1.67. The highest BCUT2D eigenvalue weighted by Gasteiger charge is 2.11. The molecule has 0 radical (unpaired) electrons. The normalized spacial score (nSPS) is 11.1. The number of nitrogens with zero attached hydrogens (tertiary/aromatic N) is 2. The van der Waals surface area contributed by atoms with E-state index >= 15 is 0 Å². The van der Waals surface area contributed by atoms with Gasteiger partial charge in [-0.15, -0.1) is 11.3 Å². The van der Waals surface area contributed by atoms with E-state index in [1.165, 1.54) is 11.3 Å². The molecule has 0 aliphatic heterocycles. The Balaban J connectivity index is 2.22. The lowest BCUT2D eigenvalue weighted by molar-refractivity contribution is -0.113. The number of carbonyl (C=O) groups is 1. The zero-order chi connectivity index (χ0) is 13.8. The van der Waals surface area contributed by atoms with Crippen LogP contribution in [0.4, 0.5) is 0 Å². The van der Waals surface area contributed by atoms with Crippen LogP contribution in [0.3, 0.4) is 0 Å². The Bertz CT molecular complexity index is 640. The Kier molecular flexibility index (Phi) is 3.83. The summed E-state index contributed by atoms with van der Waals surface area (Å²) in [5, 5.41) is 11.0. The summed E-state index contributed by atoms with van der Waals surface area (Å²) in [6, 6.07) is 9.49. The minimum absolute atomic E-state index is 0.0925. The molecule has 0 fully saturated rings. The first kappa shape index (κ1) is 13.1. The first-order valence-corrected chi connectivity index (χ1v) is 6.61. The van der Waals surface area contributed by atoms with Crippen LogP contribution in [0.25, 0.3) is 6.08 Å². The number of hydrogen-bond donors (Lipinski definition) is 1. The van der Waals surface area contributed by atoms with Crippen LogP contribution in [0.1, 0.15) is 16.3 Å². The zero-order valence-electron chi connectivity index (χ0n) is 10.7. The van der Waals surface area contributed by atoms with E-state index in [9.17, 15) is 4.79 Å². The number of hydrogen-bond acceptors (Lipinski definition) is 3. The van der Waals surface area contributed by atoms with Crippen LogP contribution < -0.4 is 5.43 Å². The largest absolute Gasteiger partial charge is 0.280 e. The summed E-state index contributed by atoms with van der Waals surface area (Å²) < 4.78 is 1.67. The SMILES string of the molecule is Cc1ccc(C)n1NC(=O)/C(C#N)=C/c1cccs1. The molecular weight excluding hydrogens is 258 g/mol. The number of carbonyl (C=O) groups excluding carboxylic acids is 1. The van der Waals surface area contributed by atoms with Crippen molar-refractivity contribution in [2.75, 3.05) is 5.43 Å². The van der Waals surface area contributed by atoms with E-state index in [0.29, 0.717) is 0 Å². The summed E-state index contributed by atoms with van der Waals surface area (Å²) in [5.41, 5.74) is 4.64. The van der Waals surface area contributed by atoms with Gasteiger partial charge in [0.25, 0.3) is 5.91 Å². The van der Waals surface area contributed by atoms with Gasteiger partial charge in [0.2, 0.25) is 0 Å². The van der Waals surface area contributed by atoms with Crippen molar-refractivity contribution in [3.05, 3.63) is 51.5 Å². The molecule has 0 aliphatic rings. The summed E-state index contributed by atoms with van der Waals surface area (Å²) in [6.07, 6.45) is 1.59. The van der Waals surface area contributed by atoms with Crippen molar-refractivity contribution in [3.8, 4) is 6.07 Å². The molecule has 2 rings (SSSR count). The summed E-state index contributed by atoms with van der Waals surface area (Å²) >= 11 is 1.48. The quantitative estimate of drug-likeness (QED) is 0.689. The lowest BCUT2D eigenvalue weighted by Crippen LogP contribution is -2.25. The Hall–Kier alpha value is -2.32. The molecule has 2 heterocycles. The highest BCUT2D eigenvalue weighted by Crippen LogP contribution is 2.14. The molecule has 0 atom stereocenters. The minimum Gasteiger partial charge on any atom is -0.267 e. The van der Waals surface area contributed by atoms with Crippen molar-refractivity contribution < 1.29 is 4.79 Å². The van der Waals surface area contributed by atoms with E-state index < -0.39 is 5.91 Å². The second kappa shape index (κ2) is 5.55. The average Bonchev–Trinajstić information content (AvgIpc) is 3.00. The van der Waals surface area contributed by atoms with Crippen molar-refractivity contribution in [3.63, 3.8) is 0 Å². The number of rotatable bonds is 3. The van der Waals surface area contributed by atoms with Gasteiger partial charge in [-0.25, -0.2) is 0 Å². The highest BCUT2D eigenvalue weighted by molar-refractivity contribution is 7.10. The molecule has 0 saturated carbocycles. The molecular formula is C14H13N3OS. The standard InChI is InChI=1S/C14H13N3OS/c1-10-5-6-11(2)17(10)16-14(18)12(9-15)8-13-4-3-7-19-13/h3-8H,1-2H3,(H,16,18)/b12-8+. The van der Waals surface area contributed by atoms with E-state index in [4.69, 9.17) is 5.26 Å². The number of thiophene rings is 1. The van der Waals surface area contributed by atoms with Crippen LogP contribution in [-0.2, 0) is 4.79 Å². The fourth-order valence-corrected chi connectivity index (χ4v) is 2.33. The van der Waals surface area contributed by atoms with Gasteiger partial charge in [-0.05, 0) is 43.5 Å². The van der Waals surface area contributed by atoms with Crippen molar-refractivity contribution in [2.45, 2.75) is 13.8 Å². The third kappa shape index (κ3) is 2.92. The molecule has 0 aromatic carbocycles. The maximum atomic E-state index is 12.1. The van der Waals surface area contributed by atoms with E-state index in [0.717, 1.165) is 16.3 Å². The topological polar surface area (TPSA) is 57.8 Å². The highest BCUT2D eigenvalue weighted by atomic mass is 32.1. The Morgan fingerprint density at radius 1 is 1.37 bits per heavy atom. The van der Waals surface area contributed by atoms with Crippen LogP contribution in [0.2, 0.25) is 0 Å². The predicted molar refractivity (Wildman–Crippen MR) is 76.2 cm³/mol.